The van der Waals surface area contributed by atoms with E-state index in [0.29, 0.717) is 5.82 Å². The molecule has 0 aromatic carbocycles. The van der Waals surface area contributed by atoms with E-state index < -0.39 is 10.0 Å². The summed E-state index contributed by atoms with van der Waals surface area (Å²) in [6.07, 6.45) is 1.24. The van der Waals surface area contributed by atoms with Crippen LogP contribution in [0.1, 0.15) is 5.56 Å². The first-order valence-corrected chi connectivity index (χ1v) is 7.23. The Bertz CT molecular complexity index is 577. The summed E-state index contributed by atoms with van der Waals surface area (Å²) in [7, 11) is -3.52. The maximum absolute atomic E-state index is 11.9. The number of hydrogen-bond acceptors (Lipinski definition) is 5. The highest BCUT2D eigenvalue weighted by atomic mass is 32.2. The predicted molar refractivity (Wildman–Crippen MR) is 67.0 cm³/mol. The molecule has 5 nitrogen and oxygen atoms in total. The number of nitrogens with zero attached hydrogens (tertiary/aromatic N) is 1. The van der Waals surface area contributed by atoms with Gasteiger partial charge < -0.3 is 5.73 Å². The Balaban J connectivity index is 2.11. The van der Waals surface area contributed by atoms with Crippen molar-refractivity contribution in [3.8, 4) is 0 Å². The second-order valence-electron chi connectivity index (χ2n) is 3.37. The molecular weight excluding hydrogens is 258 g/mol. The van der Waals surface area contributed by atoms with Crippen LogP contribution < -0.4 is 10.5 Å². The number of hydrogen-bond donors (Lipinski definition) is 2. The molecule has 0 aliphatic rings. The Morgan fingerprint density at radius 2 is 2.18 bits per heavy atom. The van der Waals surface area contributed by atoms with Gasteiger partial charge in [-0.05, 0) is 34.5 Å². The maximum atomic E-state index is 11.9. The number of anilines is 1. The fourth-order valence-electron chi connectivity index (χ4n) is 1.21. The third-order valence-corrected chi connectivity index (χ3v) is 4.23. The number of sulfonamides is 1. The molecule has 90 valence electrons. The Morgan fingerprint density at radius 1 is 1.35 bits per heavy atom. The summed E-state index contributed by atoms with van der Waals surface area (Å²) in [5.41, 5.74) is 6.33. The molecule has 0 aliphatic heterocycles. The van der Waals surface area contributed by atoms with Crippen LogP contribution in [0.2, 0.25) is 0 Å². The minimum atomic E-state index is -3.52. The van der Waals surface area contributed by atoms with Gasteiger partial charge in [0, 0.05) is 12.7 Å². The molecule has 0 spiro atoms. The van der Waals surface area contributed by atoms with Gasteiger partial charge in [0.1, 0.15) is 10.7 Å². The first kappa shape index (κ1) is 12.0. The third-order valence-electron chi connectivity index (χ3n) is 2.12. The highest BCUT2D eigenvalue weighted by Gasteiger charge is 2.13. The largest absolute Gasteiger partial charge is 0.384 e. The Kier molecular flexibility index (Phi) is 3.41. The lowest BCUT2D eigenvalue weighted by molar-refractivity contribution is 0.581. The topological polar surface area (TPSA) is 85.1 Å². The second kappa shape index (κ2) is 4.82. The van der Waals surface area contributed by atoms with Crippen LogP contribution in [-0.2, 0) is 16.6 Å². The van der Waals surface area contributed by atoms with Gasteiger partial charge in [0.15, 0.2) is 0 Å². The van der Waals surface area contributed by atoms with Gasteiger partial charge in [-0.15, -0.1) is 0 Å². The number of thiophene rings is 1. The van der Waals surface area contributed by atoms with Gasteiger partial charge in [0.05, 0.1) is 0 Å². The molecule has 0 amide bonds. The van der Waals surface area contributed by atoms with Crippen LogP contribution in [0.3, 0.4) is 0 Å². The quantitative estimate of drug-likeness (QED) is 0.873. The van der Waals surface area contributed by atoms with Crippen molar-refractivity contribution in [2.24, 2.45) is 0 Å². The lowest BCUT2D eigenvalue weighted by Gasteiger charge is -2.05. The van der Waals surface area contributed by atoms with Crippen LogP contribution in [0.15, 0.2) is 40.1 Å². The molecule has 0 saturated heterocycles. The summed E-state index contributed by atoms with van der Waals surface area (Å²) >= 11 is 1.52. The SMILES string of the molecule is Nc1ccc(S(=O)(=O)NCc2ccsc2)cn1. The number of nitrogens with two attached hydrogens (primary N) is 1. The number of aromatic nitrogens is 1. The molecule has 0 radical (unpaired) electrons. The van der Waals surface area contributed by atoms with E-state index >= 15 is 0 Å². The molecular formula is C10H11N3O2S2. The standard InChI is InChI=1S/C10H11N3O2S2/c11-10-2-1-9(6-12-10)17(14,15)13-5-8-3-4-16-7-8/h1-4,6-7,13H,5H2,(H2,11,12). The summed E-state index contributed by atoms with van der Waals surface area (Å²) < 4.78 is 26.2. The fraction of sp³-hybridized carbons (Fsp3) is 0.100. The average Bonchev–Trinajstić information content (AvgIpc) is 2.80. The van der Waals surface area contributed by atoms with Gasteiger partial charge in [-0.1, -0.05) is 0 Å². The van der Waals surface area contributed by atoms with Gasteiger partial charge in [-0.25, -0.2) is 18.1 Å². The zero-order valence-electron chi connectivity index (χ0n) is 8.83. The first-order valence-electron chi connectivity index (χ1n) is 4.80. The summed E-state index contributed by atoms with van der Waals surface area (Å²) in [5, 5.41) is 3.79. The van der Waals surface area contributed by atoms with Gasteiger partial charge in [0.25, 0.3) is 0 Å². The van der Waals surface area contributed by atoms with Crippen molar-refractivity contribution >= 4 is 27.2 Å². The van der Waals surface area contributed by atoms with Crippen molar-refractivity contribution in [2.75, 3.05) is 5.73 Å². The van der Waals surface area contributed by atoms with Gasteiger partial charge in [0.2, 0.25) is 10.0 Å². The molecule has 2 rings (SSSR count). The lowest BCUT2D eigenvalue weighted by atomic mass is 10.4. The third kappa shape index (κ3) is 3.02. The molecule has 0 saturated carbocycles. The lowest BCUT2D eigenvalue weighted by Crippen LogP contribution is -2.23. The first-order chi connectivity index (χ1) is 8.08. The number of pyridine rings is 1. The molecule has 2 heterocycles. The Hall–Kier alpha value is -1.44. The number of rotatable bonds is 4. The molecule has 2 aromatic rings. The van der Waals surface area contributed by atoms with Crippen LogP contribution in [0.5, 0.6) is 0 Å². The van der Waals surface area contributed by atoms with Crippen LogP contribution in [0, 0.1) is 0 Å². The predicted octanol–water partition coefficient (Wildman–Crippen LogP) is 1.20. The molecule has 0 aliphatic carbocycles. The van der Waals surface area contributed by atoms with E-state index in [1.54, 1.807) is 0 Å². The average molecular weight is 269 g/mol. The van der Waals surface area contributed by atoms with Crippen LogP contribution in [0.4, 0.5) is 5.82 Å². The van der Waals surface area contributed by atoms with Crippen molar-refractivity contribution in [3.05, 3.63) is 40.7 Å². The molecule has 0 fully saturated rings. The molecule has 7 heteroatoms. The monoisotopic (exact) mass is 269 g/mol. The summed E-state index contributed by atoms with van der Waals surface area (Å²) in [6.45, 7) is 0.274. The zero-order valence-corrected chi connectivity index (χ0v) is 10.5. The smallest absolute Gasteiger partial charge is 0.242 e. The normalized spacial score (nSPS) is 11.5. The Labute approximate surface area is 103 Å². The van der Waals surface area contributed by atoms with E-state index in [9.17, 15) is 8.42 Å². The van der Waals surface area contributed by atoms with Crippen LogP contribution in [-0.4, -0.2) is 13.4 Å². The number of nitrogen functional groups attached to an aromatic ring is 1. The minimum absolute atomic E-state index is 0.113. The summed E-state index contributed by atoms with van der Waals surface area (Å²) in [6, 6.07) is 4.76. The molecule has 17 heavy (non-hydrogen) atoms. The zero-order chi connectivity index (χ0) is 12.3. The van der Waals surface area contributed by atoms with Gasteiger partial charge in [-0.3, -0.25) is 0 Å². The van der Waals surface area contributed by atoms with Crippen molar-refractivity contribution in [1.29, 1.82) is 0 Å². The molecule has 0 unspecified atom stereocenters. The maximum Gasteiger partial charge on any atom is 0.242 e. The van der Waals surface area contributed by atoms with Gasteiger partial charge in [-0.2, -0.15) is 11.3 Å². The van der Waals surface area contributed by atoms with Crippen molar-refractivity contribution in [1.82, 2.24) is 9.71 Å². The van der Waals surface area contributed by atoms with E-state index in [4.69, 9.17) is 5.73 Å². The summed E-state index contributed by atoms with van der Waals surface area (Å²) in [4.78, 5) is 3.86. The highest BCUT2D eigenvalue weighted by molar-refractivity contribution is 7.89. The van der Waals surface area contributed by atoms with Crippen LogP contribution in [0.25, 0.3) is 0 Å². The van der Waals surface area contributed by atoms with Gasteiger partial charge >= 0.3 is 0 Å². The van der Waals surface area contributed by atoms with E-state index in [1.807, 2.05) is 16.8 Å². The molecule has 2 aromatic heterocycles. The van der Waals surface area contributed by atoms with Crippen LogP contribution >= 0.6 is 11.3 Å². The highest BCUT2D eigenvalue weighted by Crippen LogP contribution is 2.10. The molecule has 0 bridgehead atoms. The molecule has 0 atom stereocenters. The molecule has 3 N–H and O–H groups in total. The fourth-order valence-corrected chi connectivity index (χ4v) is 2.84. The number of nitrogens with one attached hydrogen (secondary N) is 1. The second-order valence-corrected chi connectivity index (χ2v) is 5.92. The van der Waals surface area contributed by atoms with E-state index in [-0.39, 0.29) is 11.4 Å². The van der Waals surface area contributed by atoms with Crippen molar-refractivity contribution in [2.45, 2.75) is 11.4 Å². The van der Waals surface area contributed by atoms with E-state index in [2.05, 4.69) is 9.71 Å². The van der Waals surface area contributed by atoms with E-state index in [1.165, 1.54) is 29.7 Å². The van der Waals surface area contributed by atoms with E-state index in [0.717, 1.165) is 5.56 Å². The minimum Gasteiger partial charge on any atom is -0.384 e. The van der Waals surface area contributed by atoms with Crippen molar-refractivity contribution < 1.29 is 8.42 Å². The summed E-state index contributed by atoms with van der Waals surface area (Å²) in [5.74, 6) is 0.293. The van der Waals surface area contributed by atoms with Crippen molar-refractivity contribution in [3.63, 3.8) is 0 Å². The Morgan fingerprint density at radius 3 is 2.76 bits per heavy atom.